The molecule has 6 aliphatic rings. The third-order valence-electron chi connectivity index (χ3n) is 24.8. The van der Waals surface area contributed by atoms with Crippen LogP contribution in [0, 0.1) is 38.4 Å². The van der Waals surface area contributed by atoms with Crippen LogP contribution in [0.25, 0.3) is 0 Å². The van der Waals surface area contributed by atoms with E-state index in [4.69, 9.17) is 0 Å². The van der Waals surface area contributed by atoms with Crippen molar-refractivity contribution in [2.45, 2.75) is 315 Å². The van der Waals surface area contributed by atoms with Crippen molar-refractivity contribution in [3.63, 3.8) is 0 Å². The molecule has 0 saturated carbocycles. The molecule has 0 saturated heterocycles. The lowest BCUT2D eigenvalue weighted by Crippen LogP contribution is -2.32. The summed E-state index contributed by atoms with van der Waals surface area (Å²) in [5.41, 5.74) is 28.9. The van der Waals surface area contributed by atoms with E-state index in [-0.39, 0.29) is 69.1 Å². The van der Waals surface area contributed by atoms with Crippen LogP contribution in [0.4, 0.5) is 0 Å². The van der Waals surface area contributed by atoms with Gasteiger partial charge in [-0.1, -0.05) is 445 Å². The molecular formula is C120H168O6. The standard InChI is InChI=1S/3C40H56O2/c3*1-29(17-13-19-31(3)21-23-37-33(5)25-35(41)27-39(37,7)8)15-11-12-16-30(2)18-14-20-32(4)22-24-38-34(6)26-36(42)28-40(38,9)10/h2*11-24,35-36,41-42H,25-28H2,1-10H3;11-25,35-37,41-42H,26-28H2,1-10H3/b3*12-11+,17-13+,18-14+,23-21+,24-22+,29-15+,30-16+,31-19+,32-20+/t35-,36+;35-,36-;35-,36+,37-/m.10/s1. The van der Waals surface area contributed by atoms with Crippen LogP contribution in [0.1, 0.15) is 278 Å². The van der Waals surface area contributed by atoms with Crippen LogP contribution < -0.4 is 0 Å². The fourth-order valence-corrected chi connectivity index (χ4v) is 18.4. The van der Waals surface area contributed by atoms with E-state index in [0.29, 0.717) is 5.92 Å². The Hall–Kier alpha value is -8.82. The van der Waals surface area contributed by atoms with E-state index in [2.05, 4.69) is 463 Å². The molecule has 0 amide bonds. The van der Waals surface area contributed by atoms with Crippen molar-refractivity contribution in [3.8, 4) is 0 Å². The summed E-state index contributed by atoms with van der Waals surface area (Å²) in [5.74, 6) is 0.348. The molecule has 6 rings (SSSR count). The van der Waals surface area contributed by atoms with Crippen molar-refractivity contribution in [2.24, 2.45) is 38.4 Å². The van der Waals surface area contributed by atoms with Crippen LogP contribution in [0.5, 0.6) is 0 Å². The molecule has 0 radical (unpaired) electrons. The summed E-state index contributed by atoms with van der Waals surface area (Å²) in [6.45, 7) is 64.8. The second-order valence-electron chi connectivity index (χ2n) is 41.1. The van der Waals surface area contributed by atoms with Gasteiger partial charge in [0, 0.05) is 5.92 Å². The molecule has 684 valence electrons. The first-order chi connectivity index (χ1) is 58.8. The van der Waals surface area contributed by atoms with Crippen LogP contribution >= 0.6 is 0 Å². The maximum Gasteiger partial charge on any atom is 0.0729 e. The van der Waals surface area contributed by atoms with Gasteiger partial charge < -0.3 is 30.6 Å². The van der Waals surface area contributed by atoms with Gasteiger partial charge >= 0.3 is 0 Å². The molecule has 0 aromatic heterocycles. The number of allylic oxidation sites excluding steroid dienone is 60. The minimum absolute atomic E-state index is 0.00528. The Bertz CT molecular complexity index is 4410. The summed E-state index contributed by atoms with van der Waals surface area (Å²) in [5, 5.41) is 60.6. The molecule has 0 aromatic rings. The van der Waals surface area contributed by atoms with Crippen LogP contribution in [-0.2, 0) is 0 Å². The molecule has 7 atom stereocenters. The smallest absolute Gasteiger partial charge is 0.0729 e. The molecule has 0 unspecified atom stereocenters. The predicted molar refractivity (Wildman–Crippen MR) is 552 cm³/mol. The zero-order valence-electron chi connectivity index (χ0n) is 83.8. The predicted octanol–water partition coefficient (Wildman–Crippen LogP) is 31.5. The van der Waals surface area contributed by atoms with E-state index in [0.717, 1.165) is 70.6 Å². The van der Waals surface area contributed by atoms with Gasteiger partial charge in [-0.3, -0.25) is 0 Å². The summed E-state index contributed by atoms with van der Waals surface area (Å²) in [7, 11) is 0. The lowest BCUT2D eigenvalue weighted by molar-refractivity contribution is 0.116. The van der Waals surface area contributed by atoms with Gasteiger partial charge in [0.2, 0.25) is 0 Å². The quantitative estimate of drug-likeness (QED) is 0.0315. The Kier molecular flexibility index (Phi) is 45.7. The Balaban J connectivity index is 0.000000396. The normalized spacial score (nSPS) is 25.6. The van der Waals surface area contributed by atoms with Gasteiger partial charge in [0.15, 0.2) is 0 Å². The molecular weight excluding hydrogens is 1540 g/mol. The number of aliphatic hydroxyl groups is 6. The fraction of sp³-hybridized carbons (Fsp3) is 0.450. The lowest BCUT2D eigenvalue weighted by Gasteiger charge is -2.38. The van der Waals surface area contributed by atoms with Gasteiger partial charge in [-0.25, -0.2) is 0 Å². The van der Waals surface area contributed by atoms with Gasteiger partial charge in [-0.2, -0.15) is 0 Å². The highest BCUT2D eigenvalue weighted by molar-refractivity contribution is 5.45. The average Bonchev–Trinajstić information content (AvgIpc) is 0.838. The molecule has 6 heteroatoms. The number of hydrogen-bond donors (Lipinski definition) is 6. The van der Waals surface area contributed by atoms with Crippen molar-refractivity contribution in [3.05, 3.63) is 389 Å². The largest absolute Gasteiger partial charge is 0.393 e. The first-order valence-electron chi connectivity index (χ1n) is 46.3. The highest BCUT2D eigenvalue weighted by atomic mass is 16.3. The van der Waals surface area contributed by atoms with Gasteiger partial charge in [0.05, 0.1) is 36.6 Å². The molecule has 6 nitrogen and oxygen atoms in total. The number of hydrogen-bond acceptors (Lipinski definition) is 6. The summed E-state index contributed by atoms with van der Waals surface area (Å²) in [6.07, 6.45) is 99.0. The second-order valence-corrected chi connectivity index (χ2v) is 41.1. The molecule has 0 aliphatic heterocycles. The Morgan fingerprint density at radius 1 is 0.238 bits per heavy atom. The molecule has 0 spiro atoms. The van der Waals surface area contributed by atoms with E-state index in [1.165, 1.54) is 128 Å². The van der Waals surface area contributed by atoms with E-state index in [1.54, 1.807) is 0 Å². The highest BCUT2D eigenvalue weighted by Crippen LogP contribution is 2.47. The second kappa shape index (κ2) is 52.6. The van der Waals surface area contributed by atoms with Crippen molar-refractivity contribution >= 4 is 0 Å². The lowest BCUT2D eigenvalue weighted by atomic mass is 9.67. The van der Waals surface area contributed by atoms with Gasteiger partial charge in [-0.05, 0) is 256 Å². The van der Waals surface area contributed by atoms with Crippen LogP contribution in [0.15, 0.2) is 389 Å². The van der Waals surface area contributed by atoms with Crippen molar-refractivity contribution < 1.29 is 30.6 Å². The highest BCUT2D eigenvalue weighted by Gasteiger charge is 2.37. The van der Waals surface area contributed by atoms with Crippen LogP contribution in [0.2, 0.25) is 0 Å². The maximum absolute atomic E-state index is 10.1. The van der Waals surface area contributed by atoms with E-state index in [9.17, 15) is 30.6 Å². The maximum atomic E-state index is 10.1. The average molecular weight is 1710 g/mol. The van der Waals surface area contributed by atoms with Crippen LogP contribution in [0.3, 0.4) is 0 Å². The van der Waals surface area contributed by atoms with Crippen molar-refractivity contribution in [2.75, 3.05) is 0 Å². The van der Waals surface area contributed by atoms with Crippen molar-refractivity contribution in [1.82, 2.24) is 0 Å². The molecule has 0 aromatic carbocycles. The third-order valence-corrected chi connectivity index (χ3v) is 24.8. The van der Waals surface area contributed by atoms with Gasteiger partial charge in [-0.15, -0.1) is 0 Å². The molecule has 0 heterocycles. The first kappa shape index (κ1) is 110. The molecule has 0 bridgehead atoms. The first-order valence-corrected chi connectivity index (χ1v) is 46.3. The molecule has 6 N–H and O–H groups in total. The van der Waals surface area contributed by atoms with Gasteiger partial charge in [0.25, 0.3) is 0 Å². The summed E-state index contributed by atoms with van der Waals surface area (Å²) < 4.78 is 0. The Morgan fingerprint density at radius 3 is 0.579 bits per heavy atom. The summed E-state index contributed by atoms with van der Waals surface area (Å²) >= 11 is 0. The van der Waals surface area contributed by atoms with E-state index < -0.39 is 0 Å². The third kappa shape index (κ3) is 40.7. The zero-order chi connectivity index (χ0) is 94.5. The molecule has 6 aliphatic carbocycles. The Labute approximate surface area is 768 Å². The van der Waals surface area contributed by atoms with Crippen LogP contribution in [-0.4, -0.2) is 67.3 Å². The molecule has 126 heavy (non-hydrogen) atoms. The SMILES string of the molecule is CC1=C(/C=C/C(C)=C/C=C/C(C)=C/C=C/C=C(C)/C=C/C=C(C)/C=C/C2=C(C)C[C@@H](O)CC2(C)C)C(C)(C)C[C@H](O)C1.CC1=C(/C=C/C(C)=C/C=C/C(C)=C/C=C/C=C(C)/C=C/C=C(C)/C=C/C2=C(C)C[C@H](O)CC2(C)C)C(C)(C)C[C@H](O)C1.CC1=C[C@H](O)CC(C)(C)[C@H]1/C=C/C(C)=C/C=C/C(C)=C/C=C/C=C(C)/C=C/C=C(C)/C=C/C1=C(C)C[C@@H](O)CC1(C)C. The minimum atomic E-state index is -0.331. The number of aliphatic hydroxyl groups excluding tert-OH is 6. The molecule has 0 fully saturated rings. The minimum Gasteiger partial charge on any atom is -0.393 e. The Morgan fingerprint density at radius 2 is 0.405 bits per heavy atom. The monoisotopic (exact) mass is 1710 g/mol. The van der Waals surface area contributed by atoms with E-state index in [1.807, 2.05) is 6.08 Å². The summed E-state index contributed by atoms with van der Waals surface area (Å²) in [4.78, 5) is 0. The van der Waals surface area contributed by atoms with Gasteiger partial charge in [0.1, 0.15) is 0 Å². The fourth-order valence-electron chi connectivity index (χ4n) is 18.4. The number of rotatable bonds is 30. The summed E-state index contributed by atoms with van der Waals surface area (Å²) in [6, 6.07) is 0. The van der Waals surface area contributed by atoms with Crippen molar-refractivity contribution in [1.29, 1.82) is 0 Å². The van der Waals surface area contributed by atoms with E-state index >= 15 is 0 Å². The zero-order valence-corrected chi connectivity index (χ0v) is 83.8. The topological polar surface area (TPSA) is 121 Å².